The second-order valence-electron chi connectivity index (χ2n) is 7.72. The summed E-state index contributed by atoms with van der Waals surface area (Å²) in [5.74, 6) is 0.568. The van der Waals surface area contributed by atoms with Crippen LogP contribution < -0.4 is 15.1 Å². The van der Waals surface area contributed by atoms with Crippen molar-refractivity contribution in [1.29, 1.82) is 0 Å². The first-order valence-electron chi connectivity index (χ1n) is 10.4. The van der Waals surface area contributed by atoms with E-state index in [9.17, 15) is 9.59 Å². The number of fused-ring (bicyclic) bond motifs is 1. The van der Waals surface area contributed by atoms with E-state index in [1.54, 1.807) is 41.4 Å². The van der Waals surface area contributed by atoms with Gasteiger partial charge in [0.2, 0.25) is 0 Å². The van der Waals surface area contributed by atoms with Crippen molar-refractivity contribution >= 4 is 40.8 Å². The minimum absolute atomic E-state index is 0.238. The highest BCUT2D eigenvalue weighted by molar-refractivity contribution is 6.31. The topological polar surface area (TPSA) is 74.8 Å². The Kier molecular flexibility index (Phi) is 5.41. The van der Waals surface area contributed by atoms with Gasteiger partial charge in [-0.1, -0.05) is 29.8 Å². The van der Waals surface area contributed by atoms with E-state index in [0.29, 0.717) is 36.0 Å². The van der Waals surface area contributed by atoms with Crippen LogP contribution in [-0.4, -0.2) is 36.7 Å². The molecule has 3 aromatic rings. The number of nitrogens with one attached hydrogen (secondary N) is 1. The highest BCUT2D eigenvalue weighted by Gasteiger charge is 2.28. The predicted molar refractivity (Wildman–Crippen MR) is 124 cm³/mol. The average Bonchev–Trinajstić information content (AvgIpc) is 3.24. The number of rotatable bonds is 4. The first kappa shape index (κ1) is 20.3. The van der Waals surface area contributed by atoms with Crippen LogP contribution in [0.5, 0.6) is 0 Å². The lowest BCUT2D eigenvalue weighted by atomic mass is 9.97. The first-order valence-corrected chi connectivity index (χ1v) is 10.8. The summed E-state index contributed by atoms with van der Waals surface area (Å²) >= 11 is 5.98. The molecule has 2 amide bonds. The Bertz CT molecular complexity index is 1180. The molecule has 1 fully saturated rings. The number of hydrogen-bond acceptors (Lipinski definition) is 5. The van der Waals surface area contributed by atoms with E-state index < -0.39 is 0 Å². The van der Waals surface area contributed by atoms with E-state index >= 15 is 0 Å². The minimum Gasteiger partial charge on any atom is -0.447 e. The fourth-order valence-corrected chi connectivity index (χ4v) is 4.32. The summed E-state index contributed by atoms with van der Waals surface area (Å²) in [4.78, 5) is 32.9. The maximum Gasteiger partial charge on any atom is 0.414 e. The van der Waals surface area contributed by atoms with Gasteiger partial charge < -0.3 is 15.0 Å². The standard InChI is InChI=1S/C24H21ClN4O3/c25-18-4-2-5-19(13-18)27-23(30)16-7-8-22(26-14-16)28-10-9-20-17(15-28)3-1-6-21(20)29-11-12-32-24(29)31/h1-8,13-14H,9-12,15H2,(H,27,30). The SMILES string of the molecule is O=C(Nc1cccc(Cl)c1)c1ccc(N2CCc3c(cccc3N3CCOC3=O)C2)nc1. The molecule has 7 nitrogen and oxygen atoms in total. The molecule has 1 N–H and O–H groups in total. The second kappa shape index (κ2) is 8.51. The molecule has 8 heteroatoms. The summed E-state index contributed by atoms with van der Waals surface area (Å²) < 4.78 is 5.10. The predicted octanol–water partition coefficient (Wildman–Crippen LogP) is 4.51. The lowest BCUT2D eigenvalue weighted by molar-refractivity contribution is 0.102. The molecule has 0 radical (unpaired) electrons. The third-order valence-electron chi connectivity index (χ3n) is 5.71. The van der Waals surface area contributed by atoms with Crippen LogP contribution in [0.15, 0.2) is 60.8 Å². The summed E-state index contributed by atoms with van der Waals surface area (Å²) in [7, 11) is 0. The molecule has 0 bridgehead atoms. The Labute approximate surface area is 190 Å². The van der Waals surface area contributed by atoms with E-state index in [0.717, 1.165) is 30.0 Å². The van der Waals surface area contributed by atoms with Crippen molar-refractivity contribution in [3.63, 3.8) is 0 Å². The third kappa shape index (κ3) is 3.99. The molecule has 162 valence electrons. The minimum atomic E-state index is -0.283. The number of halogens is 1. The van der Waals surface area contributed by atoms with Crippen LogP contribution in [0, 0.1) is 0 Å². The van der Waals surface area contributed by atoms with Crippen LogP contribution in [0.4, 0.5) is 22.0 Å². The molecular formula is C24H21ClN4O3. The van der Waals surface area contributed by atoms with Crippen molar-refractivity contribution < 1.29 is 14.3 Å². The molecule has 32 heavy (non-hydrogen) atoms. The number of aromatic nitrogens is 1. The Morgan fingerprint density at radius 1 is 1.09 bits per heavy atom. The number of pyridine rings is 1. The molecule has 3 heterocycles. The van der Waals surface area contributed by atoms with Gasteiger partial charge in [0.15, 0.2) is 0 Å². The molecule has 0 aliphatic carbocycles. The van der Waals surface area contributed by atoms with Gasteiger partial charge in [-0.3, -0.25) is 9.69 Å². The largest absolute Gasteiger partial charge is 0.447 e. The molecule has 2 aliphatic heterocycles. The molecule has 5 rings (SSSR count). The van der Waals surface area contributed by atoms with Gasteiger partial charge in [0.1, 0.15) is 12.4 Å². The number of ether oxygens (including phenoxy) is 1. The van der Waals surface area contributed by atoms with Crippen molar-refractivity contribution in [2.45, 2.75) is 13.0 Å². The zero-order valence-corrected chi connectivity index (χ0v) is 18.0. The quantitative estimate of drug-likeness (QED) is 0.635. The zero-order valence-electron chi connectivity index (χ0n) is 17.3. The van der Waals surface area contributed by atoms with Gasteiger partial charge in [0.25, 0.3) is 5.91 Å². The van der Waals surface area contributed by atoms with Crippen LogP contribution in [0.2, 0.25) is 5.02 Å². The average molecular weight is 449 g/mol. The Hall–Kier alpha value is -3.58. The van der Waals surface area contributed by atoms with Gasteiger partial charge >= 0.3 is 6.09 Å². The molecule has 0 unspecified atom stereocenters. The lowest BCUT2D eigenvalue weighted by Crippen LogP contribution is -2.33. The summed E-state index contributed by atoms with van der Waals surface area (Å²) in [6, 6.07) is 16.7. The number of amides is 2. The number of cyclic esters (lactones) is 1. The number of nitrogens with zero attached hydrogens (tertiary/aromatic N) is 3. The maximum atomic E-state index is 12.5. The third-order valence-corrected chi connectivity index (χ3v) is 5.94. The van der Waals surface area contributed by atoms with Crippen LogP contribution in [0.25, 0.3) is 0 Å². The fourth-order valence-electron chi connectivity index (χ4n) is 4.13. The summed E-state index contributed by atoms with van der Waals surface area (Å²) in [5, 5.41) is 3.39. The molecule has 2 aliphatic rings. The second-order valence-corrected chi connectivity index (χ2v) is 8.16. The van der Waals surface area contributed by atoms with Crippen molar-refractivity contribution in [3.05, 3.63) is 82.5 Å². The molecular weight excluding hydrogens is 428 g/mol. The van der Waals surface area contributed by atoms with E-state index in [2.05, 4.69) is 21.3 Å². The normalized spacial score (nSPS) is 15.3. The Morgan fingerprint density at radius 2 is 1.97 bits per heavy atom. The highest BCUT2D eigenvalue weighted by Crippen LogP contribution is 2.32. The van der Waals surface area contributed by atoms with Crippen LogP contribution in [0.3, 0.4) is 0 Å². The highest BCUT2D eigenvalue weighted by atomic mass is 35.5. The molecule has 0 saturated carbocycles. The number of carbonyl (C=O) groups is 2. The smallest absolute Gasteiger partial charge is 0.414 e. The van der Waals surface area contributed by atoms with Crippen molar-refractivity contribution in [2.24, 2.45) is 0 Å². The molecule has 1 aromatic heterocycles. The van der Waals surface area contributed by atoms with Crippen molar-refractivity contribution in [3.8, 4) is 0 Å². The van der Waals surface area contributed by atoms with Gasteiger partial charge in [-0.05, 0) is 53.9 Å². The van der Waals surface area contributed by atoms with Crippen molar-refractivity contribution in [1.82, 2.24) is 4.98 Å². The Morgan fingerprint density at radius 3 is 2.72 bits per heavy atom. The fraction of sp³-hybridized carbons (Fsp3) is 0.208. The van der Waals surface area contributed by atoms with Gasteiger partial charge in [-0.2, -0.15) is 0 Å². The van der Waals surface area contributed by atoms with Gasteiger partial charge in [-0.15, -0.1) is 0 Å². The number of carbonyl (C=O) groups excluding carboxylic acids is 2. The van der Waals surface area contributed by atoms with Crippen LogP contribution in [-0.2, 0) is 17.7 Å². The summed E-state index contributed by atoms with van der Waals surface area (Å²) in [5.41, 5.74) is 4.39. The molecule has 2 aromatic carbocycles. The van der Waals surface area contributed by atoms with E-state index in [1.165, 1.54) is 5.56 Å². The number of benzene rings is 2. The van der Waals surface area contributed by atoms with E-state index in [4.69, 9.17) is 16.3 Å². The van der Waals surface area contributed by atoms with Gasteiger partial charge in [0.05, 0.1) is 17.8 Å². The Balaban J connectivity index is 1.30. The van der Waals surface area contributed by atoms with Crippen LogP contribution >= 0.6 is 11.6 Å². The summed E-state index contributed by atoms with van der Waals surface area (Å²) in [6.07, 6.45) is 2.10. The molecule has 0 spiro atoms. The maximum absolute atomic E-state index is 12.5. The first-order chi connectivity index (χ1) is 15.6. The van der Waals surface area contributed by atoms with Crippen molar-refractivity contribution in [2.75, 3.05) is 34.8 Å². The number of anilines is 3. The molecule has 1 saturated heterocycles. The molecule has 0 atom stereocenters. The zero-order chi connectivity index (χ0) is 22.1. The number of hydrogen-bond donors (Lipinski definition) is 1. The van der Waals surface area contributed by atoms with Crippen LogP contribution in [0.1, 0.15) is 21.5 Å². The monoisotopic (exact) mass is 448 g/mol. The van der Waals surface area contributed by atoms with E-state index in [-0.39, 0.29) is 12.0 Å². The van der Waals surface area contributed by atoms with Gasteiger partial charge in [-0.25, -0.2) is 9.78 Å². The lowest BCUT2D eigenvalue weighted by Gasteiger charge is -2.32. The van der Waals surface area contributed by atoms with Gasteiger partial charge in [0, 0.05) is 30.0 Å². The summed E-state index contributed by atoms with van der Waals surface area (Å²) in [6.45, 7) is 2.47. The van der Waals surface area contributed by atoms with E-state index in [1.807, 2.05) is 18.2 Å².